The van der Waals surface area contributed by atoms with Crippen LogP contribution in [0, 0.1) is 10.1 Å². The fourth-order valence-electron chi connectivity index (χ4n) is 2.38. The number of nitro benzene ring substituents is 1. The molecule has 0 spiro atoms. The Hall–Kier alpha value is -2.40. The van der Waals surface area contributed by atoms with Crippen molar-refractivity contribution >= 4 is 5.69 Å². The predicted octanol–water partition coefficient (Wildman–Crippen LogP) is 3.33. The molecule has 1 heterocycles. The number of benzene rings is 2. The third kappa shape index (κ3) is 2.48. The van der Waals surface area contributed by atoms with Crippen molar-refractivity contribution in [3.05, 3.63) is 63.7 Å². The van der Waals surface area contributed by atoms with Gasteiger partial charge in [-0.3, -0.25) is 15.0 Å². The molecular formula is C15H14N2O3. The lowest BCUT2D eigenvalue weighted by molar-refractivity contribution is -0.384. The second-order valence-electron chi connectivity index (χ2n) is 4.96. The lowest BCUT2D eigenvalue weighted by Gasteiger charge is -2.07. The number of nitrogens with zero attached hydrogens (tertiary/aromatic N) is 2. The van der Waals surface area contributed by atoms with Gasteiger partial charge in [-0.1, -0.05) is 6.07 Å². The van der Waals surface area contributed by atoms with Gasteiger partial charge in [0.2, 0.25) is 0 Å². The lowest BCUT2D eigenvalue weighted by atomic mass is 10.1. The zero-order chi connectivity index (χ0) is 14.1. The van der Waals surface area contributed by atoms with Crippen molar-refractivity contribution in [3.8, 4) is 11.5 Å². The highest BCUT2D eigenvalue weighted by atomic mass is 16.6. The van der Waals surface area contributed by atoms with Gasteiger partial charge in [0.05, 0.1) is 4.92 Å². The molecule has 1 aliphatic heterocycles. The van der Waals surface area contributed by atoms with Crippen LogP contribution in [0.15, 0.2) is 42.5 Å². The number of hydrogen-bond acceptors (Lipinski definition) is 4. The molecule has 0 N–H and O–H groups in total. The summed E-state index contributed by atoms with van der Waals surface area (Å²) in [5.41, 5.74) is 2.66. The van der Waals surface area contributed by atoms with Crippen molar-refractivity contribution < 1.29 is 9.66 Å². The van der Waals surface area contributed by atoms with E-state index in [-0.39, 0.29) is 5.69 Å². The van der Waals surface area contributed by atoms with Gasteiger partial charge in [0.15, 0.2) is 0 Å². The van der Waals surface area contributed by atoms with Gasteiger partial charge in [0, 0.05) is 25.2 Å². The van der Waals surface area contributed by atoms with E-state index >= 15 is 0 Å². The Balaban J connectivity index is 1.78. The van der Waals surface area contributed by atoms with E-state index in [0.717, 1.165) is 18.8 Å². The van der Waals surface area contributed by atoms with E-state index < -0.39 is 4.92 Å². The van der Waals surface area contributed by atoms with Gasteiger partial charge in [0.25, 0.3) is 5.69 Å². The average Bonchev–Trinajstić information content (AvgIpc) is 2.78. The third-order valence-electron chi connectivity index (χ3n) is 3.34. The summed E-state index contributed by atoms with van der Waals surface area (Å²) in [5, 5.41) is 10.6. The summed E-state index contributed by atoms with van der Waals surface area (Å²) in [6, 6.07) is 12.1. The second-order valence-corrected chi connectivity index (χ2v) is 4.96. The van der Waals surface area contributed by atoms with Crippen LogP contribution in [0.25, 0.3) is 0 Å². The van der Waals surface area contributed by atoms with Crippen LogP contribution in [0.5, 0.6) is 11.5 Å². The number of ether oxygens (including phenoxy) is 1. The molecule has 1 aliphatic rings. The van der Waals surface area contributed by atoms with Gasteiger partial charge in [-0.25, -0.2) is 0 Å². The quantitative estimate of drug-likeness (QED) is 0.634. The first-order valence-electron chi connectivity index (χ1n) is 6.34. The van der Waals surface area contributed by atoms with E-state index in [1.54, 1.807) is 12.1 Å². The molecule has 0 aromatic heterocycles. The fourth-order valence-corrected chi connectivity index (χ4v) is 2.38. The first-order valence-corrected chi connectivity index (χ1v) is 6.34. The summed E-state index contributed by atoms with van der Waals surface area (Å²) in [6.45, 7) is 1.89. The Bertz CT molecular complexity index is 653. The highest BCUT2D eigenvalue weighted by Gasteiger charge is 2.16. The molecule has 0 atom stereocenters. The molecule has 5 nitrogen and oxygen atoms in total. The molecule has 102 valence electrons. The van der Waals surface area contributed by atoms with Crippen molar-refractivity contribution in [3.63, 3.8) is 0 Å². The highest BCUT2D eigenvalue weighted by molar-refractivity contribution is 5.42. The van der Waals surface area contributed by atoms with E-state index in [1.165, 1.54) is 23.3 Å². The zero-order valence-corrected chi connectivity index (χ0v) is 11.1. The first-order chi connectivity index (χ1) is 9.61. The van der Waals surface area contributed by atoms with Crippen LogP contribution in [-0.4, -0.2) is 16.9 Å². The van der Waals surface area contributed by atoms with E-state index in [9.17, 15) is 10.1 Å². The van der Waals surface area contributed by atoms with Crippen LogP contribution in [-0.2, 0) is 13.1 Å². The van der Waals surface area contributed by atoms with E-state index in [4.69, 9.17) is 4.74 Å². The third-order valence-corrected chi connectivity index (χ3v) is 3.34. The zero-order valence-electron chi connectivity index (χ0n) is 11.1. The molecule has 0 fully saturated rings. The van der Waals surface area contributed by atoms with Gasteiger partial charge in [-0.15, -0.1) is 0 Å². The number of fused-ring (bicyclic) bond motifs is 1. The molecule has 2 aromatic carbocycles. The Morgan fingerprint density at radius 3 is 2.40 bits per heavy atom. The monoisotopic (exact) mass is 270 g/mol. The molecule has 0 unspecified atom stereocenters. The minimum Gasteiger partial charge on any atom is -0.457 e. The molecule has 5 heteroatoms. The average molecular weight is 270 g/mol. The maximum Gasteiger partial charge on any atom is 0.269 e. The summed E-state index contributed by atoms with van der Waals surface area (Å²) in [4.78, 5) is 12.4. The predicted molar refractivity (Wildman–Crippen MR) is 74.8 cm³/mol. The molecule has 0 saturated heterocycles. The molecule has 20 heavy (non-hydrogen) atoms. The normalized spacial score (nSPS) is 14.1. The van der Waals surface area contributed by atoms with E-state index in [2.05, 4.69) is 18.0 Å². The largest absolute Gasteiger partial charge is 0.457 e. The Labute approximate surface area is 116 Å². The topological polar surface area (TPSA) is 55.6 Å². The standard InChI is InChI=1S/C15H14N2O3/c1-16-9-11-2-5-15(8-12(11)10-16)20-14-6-3-13(4-7-14)17(18)19/h2-8H,9-10H2,1H3. The molecule has 0 bridgehead atoms. The minimum atomic E-state index is -0.422. The Morgan fingerprint density at radius 1 is 1.05 bits per heavy atom. The van der Waals surface area contributed by atoms with Crippen LogP contribution >= 0.6 is 0 Å². The van der Waals surface area contributed by atoms with Gasteiger partial charge in [-0.2, -0.15) is 0 Å². The van der Waals surface area contributed by atoms with Crippen molar-refractivity contribution in [1.29, 1.82) is 0 Å². The van der Waals surface area contributed by atoms with Crippen molar-refractivity contribution in [2.75, 3.05) is 7.05 Å². The molecule has 0 aliphatic carbocycles. The van der Waals surface area contributed by atoms with Crippen LogP contribution in [0.2, 0.25) is 0 Å². The van der Waals surface area contributed by atoms with Gasteiger partial charge in [0.1, 0.15) is 11.5 Å². The second kappa shape index (κ2) is 4.94. The van der Waals surface area contributed by atoms with Gasteiger partial charge >= 0.3 is 0 Å². The summed E-state index contributed by atoms with van der Waals surface area (Å²) < 4.78 is 5.73. The molecule has 3 rings (SSSR count). The van der Waals surface area contributed by atoms with Crippen LogP contribution in [0.3, 0.4) is 0 Å². The van der Waals surface area contributed by atoms with Crippen molar-refractivity contribution in [2.45, 2.75) is 13.1 Å². The molecule has 0 saturated carbocycles. The smallest absolute Gasteiger partial charge is 0.269 e. The Morgan fingerprint density at radius 2 is 1.70 bits per heavy atom. The number of hydrogen-bond donors (Lipinski definition) is 0. The van der Waals surface area contributed by atoms with Crippen molar-refractivity contribution in [2.24, 2.45) is 0 Å². The van der Waals surface area contributed by atoms with E-state index in [0.29, 0.717) is 5.75 Å². The van der Waals surface area contributed by atoms with Gasteiger partial charge < -0.3 is 4.74 Å². The van der Waals surface area contributed by atoms with Gasteiger partial charge in [-0.05, 0) is 42.4 Å². The summed E-state index contributed by atoms with van der Waals surface area (Å²) >= 11 is 0. The Kier molecular flexibility index (Phi) is 3.12. The summed E-state index contributed by atoms with van der Waals surface area (Å²) in [6.07, 6.45) is 0. The SMILES string of the molecule is CN1Cc2ccc(Oc3ccc([N+](=O)[O-])cc3)cc2C1. The number of nitro groups is 1. The summed E-state index contributed by atoms with van der Waals surface area (Å²) in [5.74, 6) is 1.36. The minimum absolute atomic E-state index is 0.0629. The molecular weight excluding hydrogens is 256 g/mol. The van der Waals surface area contributed by atoms with E-state index in [1.807, 2.05) is 12.1 Å². The van der Waals surface area contributed by atoms with Crippen LogP contribution in [0.1, 0.15) is 11.1 Å². The molecule has 0 radical (unpaired) electrons. The van der Waals surface area contributed by atoms with Crippen molar-refractivity contribution in [1.82, 2.24) is 4.90 Å². The molecule has 0 amide bonds. The first kappa shape index (κ1) is 12.6. The summed E-state index contributed by atoms with van der Waals surface area (Å²) in [7, 11) is 2.08. The highest BCUT2D eigenvalue weighted by Crippen LogP contribution is 2.29. The number of rotatable bonds is 3. The molecule has 2 aromatic rings. The fraction of sp³-hybridized carbons (Fsp3) is 0.200. The lowest BCUT2D eigenvalue weighted by Crippen LogP contribution is -2.07. The number of non-ortho nitro benzene ring substituents is 1. The maximum atomic E-state index is 10.6. The van der Waals surface area contributed by atoms with Crippen LogP contribution in [0.4, 0.5) is 5.69 Å². The maximum absolute atomic E-state index is 10.6. The van der Waals surface area contributed by atoms with Crippen LogP contribution < -0.4 is 4.74 Å².